The summed E-state index contributed by atoms with van der Waals surface area (Å²) >= 11 is 0. The van der Waals surface area contributed by atoms with Gasteiger partial charge in [-0.25, -0.2) is 0 Å². The minimum atomic E-state index is 0.757. The van der Waals surface area contributed by atoms with Gasteiger partial charge in [0.25, 0.3) is 0 Å². The highest BCUT2D eigenvalue weighted by Gasteiger charge is 2.23. The smallest absolute Gasteiger partial charge is 0.159 e. The SMILES string of the molecule is c1ccc2c(c1)oc1c(-n3c4ccccc4c4c5c(ccc43)CCO5)cccc12. The van der Waals surface area contributed by atoms with Crippen molar-refractivity contribution in [2.45, 2.75) is 6.42 Å². The van der Waals surface area contributed by atoms with Gasteiger partial charge in [0.1, 0.15) is 11.3 Å². The Morgan fingerprint density at radius 1 is 0.690 bits per heavy atom. The molecule has 3 nitrogen and oxygen atoms in total. The number of para-hydroxylation sites is 3. The monoisotopic (exact) mass is 375 g/mol. The summed E-state index contributed by atoms with van der Waals surface area (Å²) in [4.78, 5) is 0. The Balaban J connectivity index is 1.69. The van der Waals surface area contributed by atoms with Crippen molar-refractivity contribution in [2.24, 2.45) is 0 Å². The molecule has 0 atom stereocenters. The van der Waals surface area contributed by atoms with Crippen LogP contribution in [0.5, 0.6) is 5.75 Å². The minimum absolute atomic E-state index is 0.757. The lowest BCUT2D eigenvalue weighted by atomic mass is 10.1. The van der Waals surface area contributed by atoms with E-state index >= 15 is 0 Å². The van der Waals surface area contributed by atoms with Gasteiger partial charge < -0.3 is 13.7 Å². The molecule has 7 rings (SSSR count). The van der Waals surface area contributed by atoms with Crippen molar-refractivity contribution in [3.8, 4) is 11.4 Å². The van der Waals surface area contributed by atoms with E-state index < -0.39 is 0 Å². The Labute approximate surface area is 166 Å². The van der Waals surface area contributed by atoms with Crippen LogP contribution < -0.4 is 4.74 Å². The van der Waals surface area contributed by atoms with Gasteiger partial charge in [-0.2, -0.15) is 0 Å². The van der Waals surface area contributed by atoms with Gasteiger partial charge in [-0.1, -0.05) is 54.6 Å². The van der Waals surface area contributed by atoms with Gasteiger partial charge in [0.15, 0.2) is 5.58 Å². The van der Waals surface area contributed by atoms with E-state index in [1.807, 2.05) is 12.1 Å². The molecule has 3 heterocycles. The average Bonchev–Trinajstić information content (AvgIpc) is 3.46. The number of hydrogen-bond donors (Lipinski definition) is 0. The zero-order chi connectivity index (χ0) is 18.9. The third kappa shape index (κ3) is 1.92. The number of aromatic nitrogens is 1. The molecule has 0 saturated carbocycles. The summed E-state index contributed by atoms with van der Waals surface area (Å²) in [6, 6.07) is 27.6. The second kappa shape index (κ2) is 5.42. The molecule has 0 bridgehead atoms. The zero-order valence-corrected chi connectivity index (χ0v) is 15.7. The van der Waals surface area contributed by atoms with Crippen LogP contribution in [-0.2, 0) is 6.42 Å². The average molecular weight is 375 g/mol. The lowest BCUT2D eigenvalue weighted by Gasteiger charge is -2.09. The van der Waals surface area contributed by atoms with Crippen molar-refractivity contribution in [1.82, 2.24) is 4.57 Å². The van der Waals surface area contributed by atoms with Crippen molar-refractivity contribution >= 4 is 43.7 Å². The molecule has 1 aliphatic heterocycles. The summed E-state index contributed by atoms with van der Waals surface area (Å²) in [5.74, 6) is 1.04. The van der Waals surface area contributed by atoms with Gasteiger partial charge in [-0.05, 0) is 29.8 Å². The van der Waals surface area contributed by atoms with Gasteiger partial charge in [0, 0.05) is 22.6 Å². The number of furan rings is 1. The third-order valence-corrected chi connectivity index (χ3v) is 6.11. The largest absolute Gasteiger partial charge is 0.492 e. The Morgan fingerprint density at radius 3 is 2.48 bits per heavy atom. The summed E-state index contributed by atoms with van der Waals surface area (Å²) in [5, 5.41) is 4.70. The fourth-order valence-corrected chi connectivity index (χ4v) is 4.86. The predicted octanol–water partition coefficient (Wildman–Crippen LogP) is 6.62. The lowest BCUT2D eigenvalue weighted by molar-refractivity contribution is 0.360. The Hall–Kier alpha value is -3.72. The molecular formula is C26H17NO2. The topological polar surface area (TPSA) is 27.3 Å². The normalized spacial score (nSPS) is 13.5. The fraction of sp³-hybridized carbons (Fsp3) is 0.0769. The Morgan fingerprint density at radius 2 is 1.52 bits per heavy atom. The molecule has 29 heavy (non-hydrogen) atoms. The zero-order valence-electron chi connectivity index (χ0n) is 15.7. The van der Waals surface area contributed by atoms with E-state index in [-0.39, 0.29) is 0 Å². The summed E-state index contributed by atoms with van der Waals surface area (Å²) in [5.41, 5.74) is 6.50. The summed E-state index contributed by atoms with van der Waals surface area (Å²) in [6.07, 6.45) is 0.976. The molecule has 138 valence electrons. The first kappa shape index (κ1) is 15.2. The summed E-state index contributed by atoms with van der Waals surface area (Å²) in [7, 11) is 0. The van der Waals surface area contributed by atoms with Crippen molar-refractivity contribution < 1.29 is 9.15 Å². The van der Waals surface area contributed by atoms with E-state index in [1.165, 1.54) is 21.9 Å². The number of fused-ring (bicyclic) bond motifs is 8. The molecule has 6 aromatic rings. The van der Waals surface area contributed by atoms with Crippen LogP contribution in [0.2, 0.25) is 0 Å². The van der Waals surface area contributed by atoms with E-state index in [1.54, 1.807) is 0 Å². The van der Waals surface area contributed by atoms with Crippen molar-refractivity contribution in [1.29, 1.82) is 0 Å². The fourth-order valence-electron chi connectivity index (χ4n) is 4.86. The number of nitrogens with zero attached hydrogens (tertiary/aromatic N) is 1. The number of benzene rings is 4. The molecule has 0 amide bonds. The second-order valence-corrected chi connectivity index (χ2v) is 7.65. The molecule has 0 radical (unpaired) electrons. The summed E-state index contributed by atoms with van der Waals surface area (Å²) in [6.45, 7) is 0.757. The highest BCUT2D eigenvalue weighted by molar-refractivity contribution is 6.15. The molecule has 4 aromatic carbocycles. The van der Waals surface area contributed by atoms with E-state index in [2.05, 4.69) is 71.3 Å². The van der Waals surface area contributed by atoms with Crippen molar-refractivity contribution in [3.63, 3.8) is 0 Å². The van der Waals surface area contributed by atoms with Gasteiger partial charge >= 0.3 is 0 Å². The first-order valence-electron chi connectivity index (χ1n) is 9.98. The molecule has 0 saturated heterocycles. The molecule has 1 aliphatic rings. The van der Waals surface area contributed by atoms with Gasteiger partial charge in [-0.15, -0.1) is 0 Å². The maximum absolute atomic E-state index is 6.35. The number of rotatable bonds is 1. The maximum Gasteiger partial charge on any atom is 0.159 e. The first-order valence-corrected chi connectivity index (χ1v) is 9.98. The Bertz CT molecular complexity index is 1590. The van der Waals surface area contributed by atoms with Crippen LogP contribution in [-0.4, -0.2) is 11.2 Å². The van der Waals surface area contributed by atoms with Gasteiger partial charge in [0.2, 0.25) is 0 Å². The van der Waals surface area contributed by atoms with E-state index in [9.17, 15) is 0 Å². The highest BCUT2D eigenvalue weighted by atomic mass is 16.5. The molecular weight excluding hydrogens is 358 g/mol. The third-order valence-electron chi connectivity index (χ3n) is 6.11. The molecule has 0 unspecified atom stereocenters. The van der Waals surface area contributed by atoms with Crippen LogP contribution in [0, 0.1) is 0 Å². The lowest BCUT2D eigenvalue weighted by Crippen LogP contribution is -1.94. The van der Waals surface area contributed by atoms with E-state index in [0.29, 0.717) is 0 Å². The highest BCUT2D eigenvalue weighted by Crippen LogP contribution is 2.43. The number of ether oxygens (including phenoxy) is 1. The first-order chi connectivity index (χ1) is 14.4. The second-order valence-electron chi connectivity index (χ2n) is 7.65. The standard InChI is InChI=1S/C26H17NO2/c1-3-9-20-19(7-1)24-21(13-12-16-14-15-28-25(16)24)27(20)22-10-5-8-18-17-6-2-4-11-23(17)29-26(18)22/h1-13H,14-15H2. The molecule has 3 heteroatoms. The van der Waals surface area contributed by atoms with Crippen molar-refractivity contribution in [2.75, 3.05) is 6.61 Å². The van der Waals surface area contributed by atoms with Crippen LogP contribution >= 0.6 is 0 Å². The predicted molar refractivity (Wildman–Crippen MR) is 117 cm³/mol. The van der Waals surface area contributed by atoms with E-state index in [4.69, 9.17) is 9.15 Å². The molecule has 0 aliphatic carbocycles. The summed E-state index contributed by atoms with van der Waals surface area (Å²) < 4.78 is 14.7. The minimum Gasteiger partial charge on any atom is -0.492 e. The van der Waals surface area contributed by atoms with Crippen LogP contribution in [0.15, 0.2) is 83.3 Å². The van der Waals surface area contributed by atoms with Gasteiger partial charge in [0.05, 0.1) is 28.7 Å². The van der Waals surface area contributed by atoms with Gasteiger partial charge in [-0.3, -0.25) is 0 Å². The molecule has 0 N–H and O–H groups in total. The van der Waals surface area contributed by atoms with Crippen LogP contribution in [0.3, 0.4) is 0 Å². The van der Waals surface area contributed by atoms with Crippen LogP contribution in [0.1, 0.15) is 5.56 Å². The maximum atomic E-state index is 6.35. The van der Waals surface area contributed by atoms with Crippen molar-refractivity contribution in [3.05, 3.63) is 84.4 Å². The van der Waals surface area contributed by atoms with Crippen LogP contribution in [0.4, 0.5) is 0 Å². The number of hydrogen-bond acceptors (Lipinski definition) is 2. The molecule has 0 spiro atoms. The molecule has 0 fully saturated rings. The Kier molecular flexibility index (Phi) is 2.85. The molecule has 2 aromatic heterocycles. The van der Waals surface area contributed by atoms with Crippen LogP contribution in [0.25, 0.3) is 49.4 Å². The van der Waals surface area contributed by atoms with E-state index in [0.717, 1.165) is 51.9 Å². The quantitative estimate of drug-likeness (QED) is 0.323.